The SMILES string of the molecule is Cc1cc(-c2ccccc2)cc2c1nc1n(C3=C(c4ccccc4)CCC=C3c3ccccc3)c3ccc(-c4ccc(-c5cc(-c6ccccc6)nc(-c6ccccc6)n5)cc4-c4ccccc4)cc3n21. The van der Waals surface area contributed by atoms with Crippen molar-refractivity contribution in [3.8, 4) is 67.3 Å². The number of rotatable bonds is 9. The average molecular weight is 910 g/mol. The van der Waals surface area contributed by atoms with Gasteiger partial charge in [-0.15, -0.1) is 0 Å². The van der Waals surface area contributed by atoms with E-state index in [1.54, 1.807) is 0 Å². The minimum Gasteiger partial charge on any atom is -0.277 e. The van der Waals surface area contributed by atoms with E-state index in [4.69, 9.17) is 15.0 Å². The highest BCUT2D eigenvalue weighted by atomic mass is 15.2. The van der Waals surface area contributed by atoms with Gasteiger partial charge in [-0.2, -0.15) is 0 Å². The quantitative estimate of drug-likeness (QED) is 0.145. The van der Waals surface area contributed by atoms with Crippen LogP contribution in [0.3, 0.4) is 0 Å². The van der Waals surface area contributed by atoms with E-state index in [2.05, 4.69) is 234 Å². The number of aromatic nitrogens is 5. The summed E-state index contributed by atoms with van der Waals surface area (Å²) in [6, 6.07) is 84.4. The molecule has 0 fully saturated rings. The molecule has 0 bridgehead atoms. The van der Waals surface area contributed by atoms with Crippen LogP contribution in [-0.4, -0.2) is 23.9 Å². The highest BCUT2D eigenvalue weighted by Crippen LogP contribution is 2.45. The molecular formula is C66H47N5. The van der Waals surface area contributed by atoms with Crippen LogP contribution < -0.4 is 0 Å². The average Bonchev–Trinajstić information content (AvgIpc) is 3.99. The van der Waals surface area contributed by atoms with E-state index in [0.29, 0.717) is 5.82 Å². The highest BCUT2D eigenvalue weighted by Gasteiger charge is 2.28. The van der Waals surface area contributed by atoms with Crippen molar-refractivity contribution in [1.29, 1.82) is 0 Å². The van der Waals surface area contributed by atoms with Crippen LogP contribution in [0.2, 0.25) is 0 Å². The fraction of sp³-hybridized carbons (Fsp3) is 0.0455. The van der Waals surface area contributed by atoms with Crippen LogP contribution in [0.5, 0.6) is 0 Å². The van der Waals surface area contributed by atoms with Crippen LogP contribution in [0.25, 0.3) is 112 Å². The summed E-state index contributed by atoms with van der Waals surface area (Å²) >= 11 is 0. The second-order valence-corrected chi connectivity index (χ2v) is 18.3. The number of aryl methyl sites for hydroxylation is 1. The molecule has 0 amide bonds. The summed E-state index contributed by atoms with van der Waals surface area (Å²) < 4.78 is 4.86. The van der Waals surface area contributed by atoms with E-state index in [1.165, 1.54) is 39.1 Å². The molecule has 0 unspecified atom stereocenters. The van der Waals surface area contributed by atoms with Crippen LogP contribution in [0, 0.1) is 6.92 Å². The molecule has 1 aliphatic carbocycles. The lowest BCUT2D eigenvalue weighted by atomic mass is 9.87. The van der Waals surface area contributed by atoms with Gasteiger partial charge in [0, 0.05) is 22.3 Å². The van der Waals surface area contributed by atoms with Gasteiger partial charge in [-0.05, 0) is 112 Å². The molecule has 0 aliphatic heterocycles. The van der Waals surface area contributed by atoms with Crippen molar-refractivity contribution in [1.82, 2.24) is 23.9 Å². The molecule has 12 aromatic rings. The Kier molecular flexibility index (Phi) is 10.5. The fourth-order valence-corrected chi connectivity index (χ4v) is 10.6. The van der Waals surface area contributed by atoms with E-state index in [-0.39, 0.29) is 0 Å². The van der Waals surface area contributed by atoms with E-state index in [9.17, 15) is 0 Å². The lowest BCUT2D eigenvalue weighted by molar-refractivity contribution is 1.03. The van der Waals surface area contributed by atoms with Crippen LogP contribution in [0.15, 0.2) is 243 Å². The zero-order chi connectivity index (χ0) is 47.3. The first-order valence-electron chi connectivity index (χ1n) is 24.4. The molecule has 9 aromatic carbocycles. The summed E-state index contributed by atoms with van der Waals surface area (Å²) in [5, 5.41) is 0. The Hall–Kier alpha value is -9.19. The maximum absolute atomic E-state index is 5.64. The molecule has 0 N–H and O–H groups in total. The summed E-state index contributed by atoms with van der Waals surface area (Å²) in [5.41, 5.74) is 23.1. The monoisotopic (exact) mass is 909 g/mol. The zero-order valence-corrected chi connectivity index (χ0v) is 39.2. The summed E-state index contributed by atoms with van der Waals surface area (Å²) in [6.45, 7) is 2.20. The standard InChI is InChI=1S/C66H47N5/c1-44-39-53(45-21-8-2-9-22-45)42-62-63(44)69-66-70(62)61-41-51(36-38-60(61)71(66)64-55(46-23-10-3-11-24-46)33-20-34-56(64)47-25-12-4-13-26-47)54-37-35-52(40-57(54)48-27-14-5-15-28-48)59-43-58(49-29-16-6-17-30-49)67-65(68-59)50-31-18-7-19-32-50/h2-19,21-33,35-43H,20,34H2,1H3. The van der Waals surface area contributed by atoms with Crippen LogP contribution in [0.1, 0.15) is 29.5 Å². The molecule has 5 heteroatoms. The Balaban J connectivity index is 1.07. The van der Waals surface area contributed by atoms with E-state index in [0.717, 1.165) is 96.6 Å². The summed E-state index contributed by atoms with van der Waals surface area (Å²) in [4.78, 5) is 16.0. The predicted molar refractivity (Wildman–Crippen MR) is 294 cm³/mol. The molecule has 0 saturated heterocycles. The van der Waals surface area contributed by atoms with Crippen molar-refractivity contribution < 1.29 is 0 Å². The molecule has 3 heterocycles. The first-order chi connectivity index (χ1) is 35.1. The molecule has 0 atom stereocenters. The number of hydrogen-bond acceptors (Lipinski definition) is 3. The lowest BCUT2D eigenvalue weighted by Crippen LogP contribution is -2.08. The zero-order valence-electron chi connectivity index (χ0n) is 39.2. The summed E-state index contributed by atoms with van der Waals surface area (Å²) in [7, 11) is 0. The molecule has 13 rings (SSSR count). The van der Waals surface area contributed by atoms with E-state index in [1.807, 2.05) is 24.3 Å². The highest BCUT2D eigenvalue weighted by molar-refractivity contribution is 6.14. The van der Waals surface area contributed by atoms with Gasteiger partial charge in [0.2, 0.25) is 5.78 Å². The largest absolute Gasteiger partial charge is 0.277 e. The first kappa shape index (κ1) is 42.0. The third kappa shape index (κ3) is 7.56. The minimum atomic E-state index is 0.693. The van der Waals surface area contributed by atoms with Crippen LogP contribution >= 0.6 is 0 Å². The van der Waals surface area contributed by atoms with Gasteiger partial charge < -0.3 is 0 Å². The summed E-state index contributed by atoms with van der Waals surface area (Å²) in [5.74, 6) is 1.58. The molecule has 1 aliphatic rings. The Labute approximate surface area is 413 Å². The van der Waals surface area contributed by atoms with E-state index >= 15 is 0 Å². The number of allylic oxidation sites excluding steroid dienone is 4. The normalized spacial score (nSPS) is 12.8. The molecule has 0 saturated carbocycles. The minimum absolute atomic E-state index is 0.693. The van der Waals surface area contributed by atoms with Crippen LogP contribution in [-0.2, 0) is 0 Å². The van der Waals surface area contributed by atoms with Crippen LogP contribution in [0.4, 0.5) is 0 Å². The van der Waals surface area contributed by atoms with Gasteiger partial charge in [0.25, 0.3) is 0 Å². The second-order valence-electron chi connectivity index (χ2n) is 18.3. The molecule has 0 spiro atoms. The third-order valence-corrected chi connectivity index (χ3v) is 14.0. The van der Waals surface area contributed by atoms with Crippen molar-refractivity contribution in [2.24, 2.45) is 0 Å². The Morgan fingerprint density at radius 1 is 0.380 bits per heavy atom. The van der Waals surface area contributed by atoms with Gasteiger partial charge in [-0.1, -0.05) is 206 Å². The van der Waals surface area contributed by atoms with Crippen molar-refractivity contribution in [2.45, 2.75) is 19.8 Å². The van der Waals surface area contributed by atoms with Gasteiger partial charge in [0.1, 0.15) is 0 Å². The number of fused-ring (bicyclic) bond motifs is 5. The lowest BCUT2D eigenvalue weighted by Gasteiger charge is -2.24. The molecular weight excluding hydrogens is 863 g/mol. The number of benzene rings is 9. The van der Waals surface area contributed by atoms with Crippen molar-refractivity contribution >= 4 is 44.7 Å². The maximum Gasteiger partial charge on any atom is 0.220 e. The number of hydrogen-bond donors (Lipinski definition) is 0. The first-order valence-corrected chi connectivity index (χ1v) is 24.4. The van der Waals surface area contributed by atoms with Crippen molar-refractivity contribution in [2.75, 3.05) is 0 Å². The predicted octanol–water partition coefficient (Wildman–Crippen LogP) is 16.8. The number of imidazole rings is 2. The molecule has 71 heavy (non-hydrogen) atoms. The molecule has 3 aromatic heterocycles. The maximum atomic E-state index is 5.64. The fourth-order valence-electron chi connectivity index (χ4n) is 10.6. The Bertz CT molecular complexity index is 3950. The molecule has 336 valence electrons. The van der Waals surface area contributed by atoms with Crippen molar-refractivity contribution in [3.63, 3.8) is 0 Å². The summed E-state index contributed by atoms with van der Waals surface area (Å²) in [6.07, 6.45) is 4.28. The third-order valence-electron chi connectivity index (χ3n) is 14.0. The van der Waals surface area contributed by atoms with Gasteiger partial charge >= 0.3 is 0 Å². The molecule has 5 nitrogen and oxygen atoms in total. The van der Waals surface area contributed by atoms with Gasteiger partial charge in [-0.3, -0.25) is 8.97 Å². The smallest absolute Gasteiger partial charge is 0.220 e. The van der Waals surface area contributed by atoms with Gasteiger partial charge in [-0.25, -0.2) is 15.0 Å². The second kappa shape index (κ2) is 17.7. The van der Waals surface area contributed by atoms with E-state index < -0.39 is 0 Å². The van der Waals surface area contributed by atoms with Gasteiger partial charge in [0.05, 0.1) is 39.2 Å². The molecule has 0 radical (unpaired) electrons. The topological polar surface area (TPSA) is 48.0 Å². The Morgan fingerprint density at radius 2 is 0.930 bits per heavy atom. The van der Waals surface area contributed by atoms with Gasteiger partial charge in [0.15, 0.2) is 5.82 Å². The van der Waals surface area contributed by atoms with Crippen molar-refractivity contribution in [3.05, 3.63) is 259 Å². The number of nitrogens with zero attached hydrogens (tertiary/aromatic N) is 5. The Morgan fingerprint density at radius 3 is 1.59 bits per heavy atom.